The standard InChI is InChI=1S/C22H21ClN4O2S/c23-18-8-4-5-9-19(18)26-10-12-27(13-11-26)20(28)14-17-15-30-22(24-17)25-21(29)16-6-2-1-3-7-16/h1-9,15H,10-14H2,(H,24,25,29). The van der Waals surface area contributed by atoms with Gasteiger partial charge in [0.05, 0.1) is 22.8 Å². The molecule has 4 rings (SSSR count). The number of benzene rings is 2. The fraction of sp³-hybridized carbons (Fsp3) is 0.227. The Hall–Kier alpha value is -2.90. The fourth-order valence-electron chi connectivity index (χ4n) is 3.38. The summed E-state index contributed by atoms with van der Waals surface area (Å²) < 4.78 is 0. The molecule has 1 N–H and O–H groups in total. The number of hydrogen-bond acceptors (Lipinski definition) is 5. The number of carbonyl (C=O) groups is 2. The summed E-state index contributed by atoms with van der Waals surface area (Å²) in [6.07, 6.45) is 0.226. The Labute approximate surface area is 184 Å². The van der Waals surface area contributed by atoms with Gasteiger partial charge in [0, 0.05) is 37.1 Å². The van der Waals surface area contributed by atoms with Crippen molar-refractivity contribution in [3.05, 3.63) is 76.3 Å². The summed E-state index contributed by atoms with van der Waals surface area (Å²) in [6, 6.07) is 16.7. The van der Waals surface area contributed by atoms with Crippen molar-refractivity contribution >= 4 is 45.6 Å². The highest BCUT2D eigenvalue weighted by Gasteiger charge is 2.23. The molecule has 0 bridgehead atoms. The Morgan fingerprint density at radius 3 is 2.43 bits per heavy atom. The number of para-hydroxylation sites is 1. The number of piperazine rings is 1. The van der Waals surface area contributed by atoms with E-state index in [1.54, 1.807) is 12.1 Å². The number of hydrogen-bond donors (Lipinski definition) is 1. The molecule has 1 fully saturated rings. The third-order valence-electron chi connectivity index (χ3n) is 4.97. The van der Waals surface area contributed by atoms with Crippen molar-refractivity contribution in [3.63, 3.8) is 0 Å². The number of anilines is 2. The van der Waals surface area contributed by atoms with Gasteiger partial charge in [-0.25, -0.2) is 4.98 Å². The van der Waals surface area contributed by atoms with Gasteiger partial charge in [0.1, 0.15) is 0 Å². The minimum atomic E-state index is -0.210. The Balaban J connectivity index is 1.30. The van der Waals surface area contributed by atoms with Crippen LogP contribution in [0.15, 0.2) is 60.0 Å². The molecule has 1 aliphatic heterocycles. The molecule has 0 unspecified atom stereocenters. The highest BCUT2D eigenvalue weighted by molar-refractivity contribution is 7.14. The molecule has 0 radical (unpaired) electrons. The molecule has 0 aliphatic carbocycles. The molecule has 8 heteroatoms. The molecule has 1 aliphatic rings. The van der Waals surface area contributed by atoms with Crippen molar-refractivity contribution in [1.29, 1.82) is 0 Å². The Morgan fingerprint density at radius 2 is 1.70 bits per heavy atom. The van der Waals surface area contributed by atoms with E-state index in [0.29, 0.717) is 29.5 Å². The van der Waals surface area contributed by atoms with Crippen LogP contribution in [0.3, 0.4) is 0 Å². The first kappa shape index (κ1) is 20.4. The van der Waals surface area contributed by atoms with Crippen LogP contribution in [0, 0.1) is 0 Å². The number of halogens is 1. The van der Waals surface area contributed by atoms with E-state index in [2.05, 4.69) is 15.2 Å². The van der Waals surface area contributed by atoms with Crippen LogP contribution in [-0.4, -0.2) is 47.9 Å². The Bertz CT molecular complexity index is 1030. The van der Waals surface area contributed by atoms with Gasteiger partial charge in [0.25, 0.3) is 5.91 Å². The van der Waals surface area contributed by atoms with Crippen LogP contribution in [0.1, 0.15) is 16.1 Å². The minimum Gasteiger partial charge on any atom is -0.367 e. The molecule has 3 aromatic rings. The smallest absolute Gasteiger partial charge is 0.257 e. The zero-order chi connectivity index (χ0) is 20.9. The lowest BCUT2D eigenvalue weighted by Crippen LogP contribution is -2.49. The first-order chi connectivity index (χ1) is 14.6. The zero-order valence-electron chi connectivity index (χ0n) is 16.3. The van der Waals surface area contributed by atoms with Crippen molar-refractivity contribution in [3.8, 4) is 0 Å². The van der Waals surface area contributed by atoms with Gasteiger partial charge in [-0.15, -0.1) is 11.3 Å². The van der Waals surface area contributed by atoms with Gasteiger partial charge in [0.2, 0.25) is 5.91 Å². The van der Waals surface area contributed by atoms with E-state index in [1.807, 2.05) is 52.7 Å². The van der Waals surface area contributed by atoms with Gasteiger partial charge in [-0.05, 0) is 24.3 Å². The van der Waals surface area contributed by atoms with Gasteiger partial charge in [-0.1, -0.05) is 41.9 Å². The molecular weight excluding hydrogens is 420 g/mol. The first-order valence-electron chi connectivity index (χ1n) is 9.68. The van der Waals surface area contributed by atoms with Gasteiger partial charge in [-0.3, -0.25) is 14.9 Å². The van der Waals surface area contributed by atoms with Crippen molar-refractivity contribution in [2.75, 3.05) is 36.4 Å². The zero-order valence-corrected chi connectivity index (χ0v) is 17.8. The number of amides is 2. The maximum Gasteiger partial charge on any atom is 0.257 e. The third kappa shape index (κ3) is 4.80. The predicted octanol–water partition coefficient (Wildman–Crippen LogP) is 3.94. The lowest BCUT2D eigenvalue weighted by molar-refractivity contribution is -0.130. The van der Waals surface area contributed by atoms with E-state index in [9.17, 15) is 9.59 Å². The maximum atomic E-state index is 12.7. The lowest BCUT2D eigenvalue weighted by Gasteiger charge is -2.36. The molecule has 0 atom stereocenters. The summed E-state index contributed by atoms with van der Waals surface area (Å²) in [5, 5.41) is 5.83. The van der Waals surface area contributed by atoms with Crippen LogP contribution in [0.5, 0.6) is 0 Å². The molecular formula is C22H21ClN4O2S. The second-order valence-electron chi connectivity index (χ2n) is 6.96. The SMILES string of the molecule is O=C(Nc1nc(CC(=O)N2CCN(c3ccccc3Cl)CC2)cs1)c1ccccc1. The van der Waals surface area contributed by atoms with Crippen LogP contribution in [0.4, 0.5) is 10.8 Å². The van der Waals surface area contributed by atoms with Crippen LogP contribution in [0.25, 0.3) is 0 Å². The van der Waals surface area contributed by atoms with Gasteiger partial charge in [0.15, 0.2) is 5.13 Å². The van der Waals surface area contributed by atoms with E-state index < -0.39 is 0 Å². The lowest BCUT2D eigenvalue weighted by atomic mass is 10.2. The molecule has 1 aromatic heterocycles. The number of carbonyl (C=O) groups excluding carboxylic acids is 2. The second-order valence-corrected chi connectivity index (χ2v) is 8.23. The summed E-state index contributed by atoms with van der Waals surface area (Å²) in [5.41, 5.74) is 2.24. The molecule has 2 heterocycles. The Morgan fingerprint density at radius 1 is 1.00 bits per heavy atom. The molecule has 0 saturated carbocycles. The number of rotatable bonds is 5. The monoisotopic (exact) mass is 440 g/mol. The normalized spacial score (nSPS) is 13.9. The van der Waals surface area contributed by atoms with Crippen molar-refractivity contribution in [2.45, 2.75) is 6.42 Å². The maximum absolute atomic E-state index is 12.7. The molecule has 2 aromatic carbocycles. The van der Waals surface area contributed by atoms with E-state index in [4.69, 9.17) is 11.6 Å². The van der Waals surface area contributed by atoms with E-state index in [0.717, 1.165) is 23.8 Å². The summed E-state index contributed by atoms with van der Waals surface area (Å²) in [7, 11) is 0. The topological polar surface area (TPSA) is 65.5 Å². The van der Waals surface area contributed by atoms with E-state index in [1.165, 1.54) is 11.3 Å². The molecule has 6 nitrogen and oxygen atoms in total. The highest BCUT2D eigenvalue weighted by Crippen LogP contribution is 2.26. The van der Waals surface area contributed by atoms with Gasteiger partial charge in [-0.2, -0.15) is 0 Å². The summed E-state index contributed by atoms with van der Waals surface area (Å²) >= 11 is 7.61. The molecule has 2 amide bonds. The van der Waals surface area contributed by atoms with Crippen LogP contribution < -0.4 is 10.2 Å². The van der Waals surface area contributed by atoms with E-state index >= 15 is 0 Å². The largest absolute Gasteiger partial charge is 0.367 e. The fourth-order valence-corrected chi connectivity index (χ4v) is 4.34. The number of thiazole rings is 1. The Kier molecular flexibility index (Phi) is 6.30. The van der Waals surface area contributed by atoms with Crippen LogP contribution in [0.2, 0.25) is 5.02 Å². The predicted molar refractivity (Wildman–Crippen MR) is 120 cm³/mol. The van der Waals surface area contributed by atoms with E-state index in [-0.39, 0.29) is 18.2 Å². The summed E-state index contributed by atoms with van der Waals surface area (Å²) in [5.74, 6) is -0.168. The summed E-state index contributed by atoms with van der Waals surface area (Å²) in [6.45, 7) is 2.77. The number of aromatic nitrogens is 1. The summed E-state index contributed by atoms with van der Waals surface area (Å²) in [4.78, 5) is 33.4. The second kappa shape index (κ2) is 9.28. The molecule has 154 valence electrons. The van der Waals surface area contributed by atoms with Crippen LogP contribution >= 0.6 is 22.9 Å². The van der Waals surface area contributed by atoms with Crippen molar-refractivity contribution < 1.29 is 9.59 Å². The van der Waals surface area contributed by atoms with Crippen LogP contribution in [-0.2, 0) is 11.2 Å². The number of nitrogens with one attached hydrogen (secondary N) is 1. The average molecular weight is 441 g/mol. The van der Waals surface area contributed by atoms with Crippen molar-refractivity contribution in [2.24, 2.45) is 0 Å². The number of nitrogens with zero attached hydrogens (tertiary/aromatic N) is 3. The van der Waals surface area contributed by atoms with Gasteiger partial charge >= 0.3 is 0 Å². The third-order valence-corrected chi connectivity index (χ3v) is 6.09. The average Bonchev–Trinajstić information content (AvgIpc) is 3.21. The quantitative estimate of drug-likeness (QED) is 0.652. The first-order valence-corrected chi connectivity index (χ1v) is 10.9. The van der Waals surface area contributed by atoms with Crippen molar-refractivity contribution in [1.82, 2.24) is 9.88 Å². The van der Waals surface area contributed by atoms with Gasteiger partial charge < -0.3 is 9.80 Å². The molecule has 1 saturated heterocycles. The minimum absolute atomic E-state index is 0.0417. The highest BCUT2D eigenvalue weighted by atomic mass is 35.5. The molecule has 30 heavy (non-hydrogen) atoms. The molecule has 0 spiro atoms.